The second kappa shape index (κ2) is 11.6. The predicted molar refractivity (Wildman–Crippen MR) is 172 cm³/mol. The standard InChI is InChI=1S/C34H36F3N5O6S/c1-19-5-3-6-20(2)28(19)26-12-27-40-30(39-26)41-49(46,47)25-8-4-7-21(11-25)29(43)42(23-15-32(16-23)13-22(14-32)38-31(44)45)24(18-48-27)17-33(9-10-33)34(35,36)37/h3-8,11-12,22-24,38H,9-10,13-18H2,1-2H3,(H,44,45)(H,39,40,41)/t22?,23?,24-,32?/m1/s1. The topological polar surface area (TPSA) is 151 Å². The lowest BCUT2D eigenvalue weighted by atomic mass is 9.51. The van der Waals surface area contributed by atoms with Crippen LogP contribution in [0, 0.1) is 24.7 Å². The summed E-state index contributed by atoms with van der Waals surface area (Å²) in [6.45, 7) is 3.43. The van der Waals surface area contributed by atoms with E-state index in [4.69, 9.17) is 9.84 Å². The molecular weight excluding hydrogens is 663 g/mol. The highest BCUT2D eigenvalue weighted by Gasteiger charge is 2.65. The maximum atomic E-state index is 14.5. The van der Waals surface area contributed by atoms with Gasteiger partial charge in [-0.25, -0.2) is 22.9 Å². The molecular formula is C34H36F3N5O6S. The number of benzene rings is 2. The summed E-state index contributed by atoms with van der Waals surface area (Å²) in [6, 6.07) is 10.8. The first kappa shape index (κ1) is 33.1. The molecule has 260 valence electrons. The van der Waals surface area contributed by atoms with Crippen LogP contribution >= 0.6 is 0 Å². The molecule has 3 fully saturated rings. The van der Waals surface area contributed by atoms with Crippen LogP contribution in [-0.2, 0) is 10.0 Å². The SMILES string of the molecule is Cc1cccc(C)c1-c1cc2nc(n1)NS(=O)(=O)c1cccc(c1)C(=O)N(C1CC3(CC(NC(=O)O)C3)C1)[C@H](CC1(C(F)(F)F)CC1)CO2. The molecule has 2 heterocycles. The van der Waals surface area contributed by atoms with Gasteiger partial charge in [0.25, 0.3) is 15.9 Å². The van der Waals surface area contributed by atoms with Crippen LogP contribution in [0.3, 0.4) is 0 Å². The number of halogens is 3. The summed E-state index contributed by atoms with van der Waals surface area (Å²) in [4.78, 5) is 35.6. The minimum absolute atomic E-state index is 0.00723. The number of amides is 2. The molecule has 0 saturated heterocycles. The second-order valence-corrected chi connectivity index (χ2v) is 15.8. The number of carboxylic acid groups (broad SMARTS) is 1. The van der Waals surface area contributed by atoms with Gasteiger partial charge >= 0.3 is 12.3 Å². The van der Waals surface area contributed by atoms with E-state index in [1.54, 1.807) is 0 Å². The Balaban J connectivity index is 1.31. The number of ether oxygens (including phenoxy) is 1. The number of hydrogen-bond acceptors (Lipinski definition) is 7. The summed E-state index contributed by atoms with van der Waals surface area (Å²) < 4.78 is 79.2. The first-order valence-electron chi connectivity index (χ1n) is 16.2. The molecule has 7 rings (SSSR count). The Labute approximate surface area is 281 Å². The Bertz CT molecular complexity index is 1920. The molecule has 0 unspecified atom stereocenters. The van der Waals surface area contributed by atoms with E-state index < -0.39 is 52.1 Å². The van der Waals surface area contributed by atoms with Crippen molar-refractivity contribution in [3.63, 3.8) is 0 Å². The molecule has 3 aromatic rings. The molecule has 1 atom stereocenters. The third-order valence-corrected chi connectivity index (χ3v) is 11.9. The molecule has 49 heavy (non-hydrogen) atoms. The second-order valence-electron chi connectivity index (χ2n) is 14.1. The minimum atomic E-state index is -4.50. The zero-order valence-electron chi connectivity index (χ0n) is 26.9. The Morgan fingerprint density at radius 3 is 2.37 bits per heavy atom. The molecule has 0 radical (unpaired) electrons. The van der Waals surface area contributed by atoms with Gasteiger partial charge in [0.1, 0.15) is 6.61 Å². The van der Waals surface area contributed by atoms with Gasteiger partial charge in [-0.05, 0) is 93.5 Å². The summed E-state index contributed by atoms with van der Waals surface area (Å²) >= 11 is 0. The Morgan fingerprint density at radius 1 is 1.06 bits per heavy atom. The molecule has 2 amide bonds. The number of nitrogens with zero attached hydrogens (tertiary/aromatic N) is 3. The van der Waals surface area contributed by atoms with Crippen molar-refractivity contribution in [2.45, 2.75) is 88.0 Å². The van der Waals surface area contributed by atoms with Crippen LogP contribution in [0.25, 0.3) is 11.3 Å². The van der Waals surface area contributed by atoms with Gasteiger partial charge in [0.2, 0.25) is 11.8 Å². The lowest BCUT2D eigenvalue weighted by molar-refractivity contribution is -0.194. The van der Waals surface area contributed by atoms with Crippen molar-refractivity contribution >= 4 is 28.0 Å². The van der Waals surface area contributed by atoms with Gasteiger partial charge < -0.3 is 20.1 Å². The van der Waals surface area contributed by atoms with Crippen LogP contribution in [-0.4, -0.2) is 71.3 Å². The number of sulfonamides is 1. The monoisotopic (exact) mass is 699 g/mol. The Kier molecular flexibility index (Phi) is 7.84. The fourth-order valence-electron chi connectivity index (χ4n) is 8.00. The lowest BCUT2D eigenvalue weighted by Crippen LogP contribution is -2.64. The van der Waals surface area contributed by atoms with Gasteiger partial charge in [0.15, 0.2) is 0 Å². The number of carbonyl (C=O) groups excluding carboxylic acids is 1. The van der Waals surface area contributed by atoms with Crippen LogP contribution in [0.4, 0.5) is 23.9 Å². The van der Waals surface area contributed by atoms with Crippen molar-refractivity contribution in [2.75, 3.05) is 11.3 Å². The molecule has 11 nitrogen and oxygen atoms in total. The number of alkyl halides is 3. The summed E-state index contributed by atoms with van der Waals surface area (Å²) in [7, 11) is -4.32. The molecule has 1 spiro atoms. The Morgan fingerprint density at radius 2 is 1.73 bits per heavy atom. The summed E-state index contributed by atoms with van der Waals surface area (Å²) in [5, 5.41) is 11.6. The zero-order chi connectivity index (χ0) is 34.9. The van der Waals surface area contributed by atoms with Gasteiger partial charge in [0.05, 0.1) is 22.0 Å². The highest BCUT2D eigenvalue weighted by molar-refractivity contribution is 7.92. The van der Waals surface area contributed by atoms with Crippen molar-refractivity contribution in [3.8, 4) is 17.1 Å². The average molecular weight is 700 g/mol. The van der Waals surface area contributed by atoms with Crippen molar-refractivity contribution in [2.24, 2.45) is 10.8 Å². The van der Waals surface area contributed by atoms with Crippen molar-refractivity contribution in [1.29, 1.82) is 0 Å². The first-order chi connectivity index (χ1) is 23.1. The van der Waals surface area contributed by atoms with Crippen LogP contribution in [0.1, 0.15) is 66.4 Å². The van der Waals surface area contributed by atoms with Crippen LogP contribution in [0.15, 0.2) is 53.4 Å². The zero-order valence-corrected chi connectivity index (χ0v) is 27.7. The van der Waals surface area contributed by atoms with E-state index >= 15 is 0 Å². The normalized spacial score (nSPS) is 26.8. The maximum Gasteiger partial charge on any atom is 0.404 e. The smallest absolute Gasteiger partial charge is 0.404 e. The molecule has 3 saturated carbocycles. The number of fused-ring (bicyclic) bond motifs is 4. The highest BCUT2D eigenvalue weighted by Crippen LogP contribution is 2.62. The fourth-order valence-corrected chi connectivity index (χ4v) is 8.99. The maximum absolute atomic E-state index is 14.5. The highest BCUT2D eigenvalue weighted by atomic mass is 32.2. The fraction of sp³-hybridized carbons (Fsp3) is 0.471. The van der Waals surface area contributed by atoms with Gasteiger partial charge in [-0.3, -0.25) is 4.79 Å². The lowest BCUT2D eigenvalue weighted by Gasteiger charge is -2.60. The number of aryl methyl sites for hydroxylation is 2. The number of carbonyl (C=O) groups is 2. The molecule has 1 aliphatic heterocycles. The van der Waals surface area contributed by atoms with Gasteiger partial charge in [0, 0.05) is 29.3 Å². The third-order valence-electron chi connectivity index (χ3n) is 10.6. The van der Waals surface area contributed by atoms with Crippen molar-refractivity contribution in [3.05, 3.63) is 65.2 Å². The summed E-state index contributed by atoms with van der Waals surface area (Å²) in [5.41, 5.74) is 0.589. The average Bonchev–Trinajstić information content (AvgIpc) is 3.77. The van der Waals surface area contributed by atoms with Gasteiger partial charge in [-0.1, -0.05) is 24.3 Å². The number of anilines is 1. The summed E-state index contributed by atoms with van der Waals surface area (Å²) in [5.74, 6) is -0.947. The minimum Gasteiger partial charge on any atom is -0.475 e. The largest absolute Gasteiger partial charge is 0.475 e. The molecule has 3 aliphatic carbocycles. The molecule has 2 aromatic carbocycles. The van der Waals surface area contributed by atoms with Crippen LogP contribution in [0.2, 0.25) is 0 Å². The van der Waals surface area contributed by atoms with Crippen LogP contribution in [0.5, 0.6) is 5.88 Å². The Hall–Kier alpha value is -4.40. The molecule has 15 heteroatoms. The van der Waals surface area contributed by atoms with E-state index in [-0.39, 0.29) is 53.2 Å². The quantitative estimate of drug-likeness (QED) is 0.290. The van der Waals surface area contributed by atoms with E-state index in [1.165, 1.54) is 35.2 Å². The van der Waals surface area contributed by atoms with Gasteiger partial charge in [-0.2, -0.15) is 18.2 Å². The molecule has 4 bridgehead atoms. The predicted octanol–water partition coefficient (Wildman–Crippen LogP) is 6.08. The number of rotatable bonds is 5. The number of nitrogens with one attached hydrogen (secondary N) is 2. The van der Waals surface area contributed by atoms with E-state index in [9.17, 15) is 31.2 Å². The first-order valence-corrected chi connectivity index (χ1v) is 17.7. The van der Waals surface area contributed by atoms with E-state index in [2.05, 4.69) is 20.0 Å². The number of hydrogen-bond donors (Lipinski definition) is 3. The van der Waals surface area contributed by atoms with Crippen LogP contribution < -0.4 is 14.8 Å². The van der Waals surface area contributed by atoms with E-state index in [0.29, 0.717) is 31.4 Å². The molecule has 3 N–H and O–H groups in total. The van der Waals surface area contributed by atoms with E-state index in [1.807, 2.05) is 32.0 Å². The van der Waals surface area contributed by atoms with Gasteiger partial charge in [-0.15, -0.1) is 0 Å². The van der Waals surface area contributed by atoms with E-state index in [0.717, 1.165) is 16.7 Å². The summed E-state index contributed by atoms with van der Waals surface area (Å²) in [6.07, 6.45) is -4.08. The number of aromatic nitrogens is 2. The van der Waals surface area contributed by atoms with Crippen molar-refractivity contribution in [1.82, 2.24) is 20.2 Å². The van der Waals surface area contributed by atoms with Crippen molar-refractivity contribution < 1.29 is 41.0 Å². The third kappa shape index (κ3) is 6.17. The molecule has 1 aromatic heterocycles. The molecule has 4 aliphatic rings.